The average Bonchev–Trinajstić information content (AvgIpc) is 3.04. The molecule has 0 aliphatic heterocycles. The molecule has 0 fully saturated rings. The highest BCUT2D eigenvalue weighted by atomic mass is 16.6. The van der Waals surface area contributed by atoms with Crippen LogP contribution >= 0.6 is 0 Å². The quantitative estimate of drug-likeness (QED) is 0.367. The van der Waals surface area contributed by atoms with Gasteiger partial charge in [0.1, 0.15) is 5.60 Å². The number of nitrogens with one attached hydrogen (secondary N) is 3. The molecule has 0 spiro atoms. The van der Waals surface area contributed by atoms with Crippen molar-refractivity contribution >= 4 is 23.1 Å². The Morgan fingerprint density at radius 2 is 1.93 bits per heavy atom. The SMILES string of the molecule is CCNC(=NCCCn1cnc2ccccc21)NCCNC(=O)OC(C)(C)C. The van der Waals surface area contributed by atoms with Crippen molar-refractivity contribution in [3.05, 3.63) is 30.6 Å². The lowest BCUT2D eigenvalue weighted by Gasteiger charge is -2.19. The van der Waals surface area contributed by atoms with Gasteiger partial charge in [0, 0.05) is 32.7 Å². The maximum Gasteiger partial charge on any atom is 0.407 e. The topological polar surface area (TPSA) is 92.6 Å². The monoisotopic (exact) mass is 388 g/mol. The summed E-state index contributed by atoms with van der Waals surface area (Å²) in [7, 11) is 0. The third kappa shape index (κ3) is 7.46. The predicted molar refractivity (Wildman–Crippen MR) is 113 cm³/mol. The summed E-state index contributed by atoms with van der Waals surface area (Å²) >= 11 is 0. The van der Waals surface area contributed by atoms with Crippen LogP contribution in [0.2, 0.25) is 0 Å². The highest BCUT2D eigenvalue weighted by Gasteiger charge is 2.15. The molecule has 0 atom stereocenters. The van der Waals surface area contributed by atoms with Crippen LogP contribution in [0, 0.1) is 0 Å². The predicted octanol–water partition coefficient (Wildman–Crippen LogP) is 2.51. The van der Waals surface area contributed by atoms with Crippen molar-refractivity contribution in [2.45, 2.75) is 46.3 Å². The van der Waals surface area contributed by atoms with Crippen LogP contribution in [0.1, 0.15) is 34.1 Å². The molecule has 0 bridgehead atoms. The van der Waals surface area contributed by atoms with Crippen molar-refractivity contribution in [2.75, 3.05) is 26.2 Å². The Balaban J connectivity index is 1.72. The first-order valence-corrected chi connectivity index (χ1v) is 9.78. The molecule has 1 amide bonds. The van der Waals surface area contributed by atoms with E-state index >= 15 is 0 Å². The maximum absolute atomic E-state index is 11.6. The van der Waals surface area contributed by atoms with Crippen LogP contribution in [0.25, 0.3) is 11.0 Å². The Bertz CT molecular complexity index is 778. The number of aryl methyl sites for hydroxylation is 1. The lowest BCUT2D eigenvalue weighted by molar-refractivity contribution is 0.0529. The standard InChI is InChI=1S/C20H32N6O2/c1-5-21-18(23-12-13-24-19(27)28-20(2,3)4)22-11-8-14-26-15-25-16-9-6-7-10-17(16)26/h6-7,9-10,15H,5,8,11-14H2,1-4H3,(H,24,27)(H2,21,22,23). The van der Waals surface area contributed by atoms with Gasteiger partial charge in [0.25, 0.3) is 0 Å². The van der Waals surface area contributed by atoms with Gasteiger partial charge in [0.2, 0.25) is 0 Å². The zero-order valence-corrected chi connectivity index (χ0v) is 17.3. The molecule has 0 saturated carbocycles. The van der Waals surface area contributed by atoms with Crippen molar-refractivity contribution in [1.82, 2.24) is 25.5 Å². The van der Waals surface area contributed by atoms with Crippen LogP contribution in [-0.4, -0.2) is 53.4 Å². The first-order chi connectivity index (χ1) is 13.4. The second-order valence-corrected chi connectivity index (χ2v) is 7.40. The largest absolute Gasteiger partial charge is 0.444 e. The van der Waals surface area contributed by atoms with Gasteiger partial charge in [0.05, 0.1) is 17.4 Å². The van der Waals surface area contributed by atoms with Crippen LogP contribution in [0.15, 0.2) is 35.6 Å². The smallest absolute Gasteiger partial charge is 0.407 e. The fourth-order valence-corrected chi connectivity index (χ4v) is 2.62. The van der Waals surface area contributed by atoms with E-state index in [0.29, 0.717) is 19.6 Å². The van der Waals surface area contributed by atoms with Crippen LogP contribution in [-0.2, 0) is 11.3 Å². The Labute approximate surface area is 166 Å². The third-order valence-corrected chi connectivity index (χ3v) is 3.78. The molecule has 0 aliphatic carbocycles. The molecule has 1 heterocycles. The zero-order chi connectivity index (χ0) is 20.4. The number of aliphatic imine (C=N–C) groups is 1. The van der Waals surface area contributed by atoms with Crippen LogP contribution in [0.5, 0.6) is 0 Å². The summed E-state index contributed by atoms with van der Waals surface area (Å²) < 4.78 is 7.36. The molecular weight excluding hydrogens is 356 g/mol. The van der Waals surface area contributed by atoms with Gasteiger partial charge in [-0.25, -0.2) is 9.78 Å². The third-order valence-electron chi connectivity index (χ3n) is 3.78. The molecule has 0 aliphatic rings. The fraction of sp³-hybridized carbons (Fsp3) is 0.550. The number of carbonyl (C=O) groups is 1. The van der Waals surface area contributed by atoms with E-state index in [9.17, 15) is 4.79 Å². The van der Waals surface area contributed by atoms with Gasteiger partial charge in [-0.05, 0) is 46.2 Å². The summed E-state index contributed by atoms with van der Waals surface area (Å²) in [5, 5.41) is 9.14. The van der Waals surface area contributed by atoms with Gasteiger partial charge in [-0.1, -0.05) is 12.1 Å². The lowest BCUT2D eigenvalue weighted by Crippen LogP contribution is -2.42. The van der Waals surface area contributed by atoms with Crippen LogP contribution < -0.4 is 16.0 Å². The Kier molecular flexibility index (Phi) is 8.10. The Hall–Kier alpha value is -2.77. The number of amides is 1. The van der Waals surface area contributed by atoms with Crippen LogP contribution in [0.3, 0.4) is 0 Å². The highest BCUT2D eigenvalue weighted by molar-refractivity contribution is 5.79. The number of guanidine groups is 1. The van der Waals surface area contributed by atoms with Crippen molar-refractivity contribution in [2.24, 2.45) is 4.99 Å². The molecule has 0 saturated heterocycles. The van der Waals surface area contributed by atoms with E-state index in [4.69, 9.17) is 4.74 Å². The molecule has 1 aromatic carbocycles. The van der Waals surface area contributed by atoms with Gasteiger partial charge < -0.3 is 25.3 Å². The van der Waals surface area contributed by atoms with E-state index in [1.54, 1.807) is 0 Å². The highest BCUT2D eigenvalue weighted by Crippen LogP contribution is 2.12. The second-order valence-electron chi connectivity index (χ2n) is 7.40. The summed E-state index contributed by atoms with van der Waals surface area (Å²) in [6.45, 7) is 10.9. The van der Waals surface area contributed by atoms with E-state index in [1.807, 2.05) is 52.2 Å². The Morgan fingerprint density at radius 3 is 2.68 bits per heavy atom. The van der Waals surface area contributed by atoms with E-state index in [0.717, 1.165) is 36.5 Å². The fourth-order valence-electron chi connectivity index (χ4n) is 2.62. The number of hydrogen-bond donors (Lipinski definition) is 3. The minimum atomic E-state index is -0.492. The number of benzene rings is 1. The van der Waals surface area contributed by atoms with Gasteiger partial charge in [-0.3, -0.25) is 4.99 Å². The number of alkyl carbamates (subject to hydrolysis) is 1. The van der Waals surface area contributed by atoms with Gasteiger partial charge in [0.15, 0.2) is 5.96 Å². The molecule has 28 heavy (non-hydrogen) atoms. The number of imidazole rings is 1. The first-order valence-electron chi connectivity index (χ1n) is 9.78. The zero-order valence-electron chi connectivity index (χ0n) is 17.3. The molecule has 154 valence electrons. The molecular formula is C20H32N6O2. The molecule has 2 aromatic rings. The second kappa shape index (κ2) is 10.5. The minimum absolute atomic E-state index is 0.413. The minimum Gasteiger partial charge on any atom is -0.444 e. The van der Waals surface area contributed by atoms with Gasteiger partial charge in [-0.15, -0.1) is 0 Å². The van der Waals surface area contributed by atoms with Crippen molar-refractivity contribution in [3.63, 3.8) is 0 Å². The molecule has 0 radical (unpaired) electrons. The lowest BCUT2D eigenvalue weighted by atomic mass is 10.2. The molecule has 2 rings (SSSR count). The number of rotatable bonds is 8. The molecule has 8 heteroatoms. The number of hydrogen-bond acceptors (Lipinski definition) is 4. The molecule has 0 unspecified atom stereocenters. The number of fused-ring (bicyclic) bond motifs is 1. The summed E-state index contributed by atoms with van der Waals surface area (Å²) in [6.07, 6.45) is 2.37. The van der Waals surface area contributed by atoms with Crippen molar-refractivity contribution < 1.29 is 9.53 Å². The number of ether oxygens (including phenoxy) is 1. The summed E-state index contributed by atoms with van der Waals surface area (Å²) in [6, 6.07) is 8.12. The van der Waals surface area contributed by atoms with E-state index in [-0.39, 0.29) is 0 Å². The van der Waals surface area contributed by atoms with E-state index in [1.165, 1.54) is 0 Å². The number of aromatic nitrogens is 2. The molecule has 1 aromatic heterocycles. The number of nitrogens with zero attached hydrogens (tertiary/aromatic N) is 3. The van der Waals surface area contributed by atoms with Crippen molar-refractivity contribution in [1.29, 1.82) is 0 Å². The normalized spacial score (nSPS) is 12.1. The van der Waals surface area contributed by atoms with Crippen molar-refractivity contribution in [3.8, 4) is 0 Å². The first kappa shape index (κ1) is 21.5. The number of carbonyl (C=O) groups excluding carboxylic acids is 1. The maximum atomic E-state index is 11.6. The summed E-state index contributed by atoms with van der Waals surface area (Å²) in [5.74, 6) is 0.740. The molecule has 8 nitrogen and oxygen atoms in total. The van der Waals surface area contributed by atoms with E-state index < -0.39 is 11.7 Å². The average molecular weight is 389 g/mol. The summed E-state index contributed by atoms with van der Waals surface area (Å²) in [5.41, 5.74) is 1.66. The summed E-state index contributed by atoms with van der Waals surface area (Å²) in [4.78, 5) is 20.6. The van der Waals surface area contributed by atoms with E-state index in [2.05, 4.69) is 36.6 Å². The number of para-hydroxylation sites is 2. The molecule has 3 N–H and O–H groups in total. The van der Waals surface area contributed by atoms with Gasteiger partial charge in [-0.2, -0.15) is 0 Å². The van der Waals surface area contributed by atoms with Gasteiger partial charge >= 0.3 is 6.09 Å². The van der Waals surface area contributed by atoms with Crippen LogP contribution in [0.4, 0.5) is 4.79 Å². The Morgan fingerprint density at radius 1 is 1.18 bits per heavy atom.